The second-order valence-corrected chi connectivity index (χ2v) is 5.69. The molecule has 0 fully saturated rings. The Kier molecular flexibility index (Phi) is 14.6. The third-order valence-corrected chi connectivity index (χ3v) is 3.70. The van der Waals surface area contributed by atoms with E-state index in [1.54, 1.807) is 0 Å². The average molecular weight is 251 g/mol. The van der Waals surface area contributed by atoms with Crippen molar-refractivity contribution in [1.82, 2.24) is 0 Å². The van der Waals surface area contributed by atoms with E-state index in [0.717, 1.165) is 12.8 Å². The molecule has 0 heteroatoms. The first-order valence-electron chi connectivity index (χ1n) is 8.41. The molecular weight excluding hydrogens is 216 g/mol. The van der Waals surface area contributed by atoms with Crippen molar-refractivity contribution in [2.45, 2.75) is 104 Å². The lowest BCUT2D eigenvalue weighted by molar-refractivity contribution is 0.554. The standard InChI is InChI=1S/C18H35/c1-4-6-8-9-10-11-12-13-14-15-17-18(3)16-7-5-2/h3H,4-17H2,1-2H3. The highest BCUT2D eigenvalue weighted by molar-refractivity contribution is 4.90. The van der Waals surface area contributed by atoms with Crippen LogP contribution in [0.1, 0.15) is 104 Å². The lowest BCUT2D eigenvalue weighted by Gasteiger charge is -2.05. The Balaban J connectivity index is 3.04. The Morgan fingerprint density at radius 1 is 0.556 bits per heavy atom. The summed E-state index contributed by atoms with van der Waals surface area (Å²) in [6.07, 6.45) is 18.9. The van der Waals surface area contributed by atoms with Gasteiger partial charge in [-0.2, -0.15) is 0 Å². The Bertz CT molecular complexity index is 169. The normalized spacial score (nSPS) is 10.8. The molecule has 0 amide bonds. The summed E-state index contributed by atoms with van der Waals surface area (Å²) in [5.74, 6) is 0. The minimum atomic E-state index is 1.15. The lowest BCUT2D eigenvalue weighted by atomic mass is 10.0. The van der Waals surface area contributed by atoms with Gasteiger partial charge in [0, 0.05) is 0 Å². The van der Waals surface area contributed by atoms with E-state index in [1.165, 1.54) is 82.6 Å². The van der Waals surface area contributed by atoms with Gasteiger partial charge in [-0.3, -0.25) is 0 Å². The van der Waals surface area contributed by atoms with E-state index >= 15 is 0 Å². The van der Waals surface area contributed by atoms with Crippen LogP contribution in [0.15, 0.2) is 5.57 Å². The summed E-state index contributed by atoms with van der Waals surface area (Å²) < 4.78 is 0. The van der Waals surface area contributed by atoms with Crippen LogP contribution in [0.3, 0.4) is 0 Å². The van der Waals surface area contributed by atoms with Gasteiger partial charge in [-0.25, -0.2) is 0 Å². The van der Waals surface area contributed by atoms with Crippen LogP contribution in [-0.4, -0.2) is 0 Å². The highest BCUT2D eigenvalue weighted by atomic mass is 14.0. The van der Waals surface area contributed by atoms with Crippen LogP contribution < -0.4 is 0 Å². The van der Waals surface area contributed by atoms with E-state index in [4.69, 9.17) is 6.58 Å². The van der Waals surface area contributed by atoms with Gasteiger partial charge in [-0.15, -0.1) is 0 Å². The van der Waals surface area contributed by atoms with Gasteiger partial charge in [0.2, 0.25) is 0 Å². The highest BCUT2D eigenvalue weighted by Gasteiger charge is 1.96. The van der Waals surface area contributed by atoms with Crippen molar-refractivity contribution in [2.24, 2.45) is 0 Å². The van der Waals surface area contributed by atoms with Gasteiger partial charge in [0.15, 0.2) is 0 Å². The predicted octanol–water partition coefficient (Wildman–Crippen LogP) is 6.85. The third-order valence-electron chi connectivity index (χ3n) is 3.70. The van der Waals surface area contributed by atoms with Crippen LogP contribution in [0.25, 0.3) is 0 Å². The van der Waals surface area contributed by atoms with Crippen molar-refractivity contribution < 1.29 is 0 Å². The van der Waals surface area contributed by atoms with Crippen LogP contribution in [0.5, 0.6) is 0 Å². The highest BCUT2D eigenvalue weighted by Crippen LogP contribution is 2.15. The molecule has 0 aliphatic heterocycles. The van der Waals surface area contributed by atoms with Gasteiger partial charge in [0.1, 0.15) is 0 Å². The van der Waals surface area contributed by atoms with Gasteiger partial charge < -0.3 is 0 Å². The molecule has 0 atom stereocenters. The molecule has 18 heavy (non-hydrogen) atoms. The second-order valence-electron chi connectivity index (χ2n) is 5.69. The zero-order chi connectivity index (χ0) is 13.5. The molecule has 0 saturated heterocycles. The molecule has 0 rings (SSSR count). The summed E-state index contributed by atoms with van der Waals surface area (Å²) in [4.78, 5) is 0. The fourth-order valence-corrected chi connectivity index (χ4v) is 2.37. The molecular formula is C18H35. The summed E-state index contributed by atoms with van der Waals surface area (Å²) >= 11 is 0. The first-order valence-corrected chi connectivity index (χ1v) is 8.41. The Morgan fingerprint density at radius 3 is 1.44 bits per heavy atom. The van der Waals surface area contributed by atoms with Gasteiger partial charge >= 0.3 is 0 Å². The smallest absolute Gasteiger partial charge is 0.0317 e. The fourth-order valence-electron chi connectivity index (χ4n) is 2.37. The minimum absolute atomic E-state index is 1.15. The summed E-state index contributed by atoms with van der Waals surface area (Å²) in [5, 5.41) is 0. The van der Waals surface area contributed by atoms with E-state index in [2.05, 4.69) is 13.8 Å². The quantitative estimate of drug-likeness (QED) is 0.296. The molecule has 107 valence electrons. The molecule has 0 aliphatic carbocycles. The number of rotatable bonds is 14. The van der Waals surface area contributed by atoms with E-state index in [1.807, 2.05) is 0 Å². The second kappa shape index (κ2) is 14.8. The molecule has 0 bridgehead atoms. The van der Waals surface area contributed by atoms with Gasteiger partial charge in [0.05, 0.1) is 0 Å². The summed E-state index contributed by atoms with van der Waals surface area (Å²) in [6, 6.07) is 0. The largest absolute Gasteiger partial charge is 0.0702 e. The lowest BCUT2D eigenvalue weighted by Crippen LogP contribution is -1.85. The molecule has 0 saturated carbocycles. The first kappa shape index (κ1) is 17.7. The van der Waals surface area contributed by atoms with Crippen molar-refractivity contribution in [1.29, 1.82) is 0 Å². The van der Waals surface area contributed by atoms with Crippen LogP contribution in [0.4, 0.5) is 0 Å². The number of hydrogen-bond acceptors (Lipinski definition) is 0. The van der Waals surface area contributed by atoms with E-state index in [9.17, 15) is 0 Å². The predicted molar refractivity (Wildman–Crippen MR) is 83.8 cm³/mol. The van der Waals surface area contributed by atoms with Crippen molar-refractivity contribution in [2.75, 3.05) is 0 Å². The number of hydrogen-bond donors (Lipinski definition) is 0. The van der Waals surface area contributed by atoms with E-state index in [0.29, 0.717) is 0 Å². The van der Waals surface area contributed by atoms with E-state index in [-0.39, 0.29) is 0 Å². The minimum Gasteiger partial charge on any atom is -0.0702 e. The maximum atomic E-state index is 5.99. The maximum Gasteiger partial charge on any atom is -0.0317 e. The molecule has 0 aliphatic rings. The Morgan fingerprint density at radius 2 is 0.944 bits per heavy atom. The molecule has 0 heterocycles. The zero-order valence-electron chi connectivity index (χ0n) is 13.0. The SMILES string of the molecule is [CH]=C(CCCC)CCCCCCCCCCCC. The van der Waals surface area contributed by atoms with Gasteiger partial charge in [-0.1, -0.05) is 90.2 Å². The van der Waals surface area contributed by atoms with Crippen LogP contribution in [-0.2, 0) is 0 Å². The fraction of sp³-hybridized carbons (Fsp3) is 0.889. The Labute approximate surface area is 116 Å². The van der Waals surface area contributed by atoms with Crippen LogP contribution in [0, 0.1) is 6.58 Å². The summed E-state index contributed by atoms with van der Waals surface area (Å²) in [6.45, 7) is 10.5. The first-order chi connectivity index (χ1) is 8.81. The number of allylic oxidation sites excluding steroid dienone is 1. The average Bonchev–Trinajstić information content (AvgIpc) is 2.38. The molecule has 0 N–H and O–H groups in total. The van der Waals surface area contributed by atoms with Crippen molar-refractivity contribution in [3.63, 3.8) is 0 Å². The molecule has 0 unspecified atom stereocenters. The summed E-state index contributed by atoms with van der Waals surface area (Å²) in [5.41, 5.74) is 1.23. The summed E-state index contributed by atoms with van der Waals surface area (Å²) in [7, 11) is 0. The maximum absolute atomic E-state index is 5.99. The van der Waals surface area contributed by atoms with E-state index < -0.39 is 0 Å². The third kappa shape index (κ3) is 13.8. The van der Waals surface area contributed by atoms with Crippen molar-refractivity contribution >= 4 is 0 Å². The monoisotopic (exact) mass is 251 g/mol. The van der Waals surface area contributed by atoms with Gasteiger partial charge in [0.25, 0.3) is 0 Å². The molecule has 0 aromatic heterocycles. The molecule has 0 spiro atoms. The molecule has 0 aromatic carbocycles. The Hall–Kier alpha value is -0.260. The number of unbranched alkanes of at least 4 members (excludes halogenated alkanes) is 10. The van der Waals surface area contributed by atoms with Crippen molar-refractivity contribution in [3.05, 3.63) is 12.2 Å². The van der Waals surface area contributed by atoms with Crippen LogP contribution in [0.2, 0.25) is 0 Å². The van der Waals surface area contributed by atoms with Gasteiger partial charge in [-0.05, 0) is 25.7 Å². The molecule has 1 radical (unpaired) electrons. The topological polar surface area (TPSA) is 0 Å². The van der Waals surface area contributed by atoms with Crippen molar-refractivity contribution in [3.8, 4) is 0 Å². The van der Waals surface area contributed by atoms with Crippen LogP contribution >= 0.6 is 0 Å². The molecule has 0 aromatic rings. The zero-order valence-corrected chi connectivity index (χ0v) is 13.0. The molecule has 0 nitrogen and oxygen atoms in total.